The van der Waals surface area contributed by atoms with Gasteiger partial charge >= 0.3 is 6.18 Å². The molecule has 11 heavy (non-hydrogen) atoms. The summed E-state index contributed by atoms with van der Waals surface area (Å²) in [5, 5.41) is 0.138. The van der Waals surface area contributed by atoms with Crippen molar-refractivity contribution in [3.63, 3.8) is 0 Å². The first kappa shape index (κ1) is 10.7. The molecule has 0 radical (unpaired) electrons. The summed E-state index contributed by atoms with van der Waals surface area (Å²) in [4.78, 5) is 0. The van der Waals surface area contributed by atoms with Gasteiger partial charge in [0.2, 0.25) is 8.03 Å². The van der Waals surface area contributed by atoms with E-state index in [2.05, 4.69) is 11.1 Å². The summed E-state index contributed by atoms with van der Waals surface area (Å²) >= 11 is 0. The molecule has 0 bridgehead atoms. The maximum absolute atomic E-state index is 11.4. The lowest BCUT2D eigenvalue weighted by Gasteiger charge is -2.06. The fourth-order valence-corrected chi connectivity index (χ4v) is 0.812. The average molecular weight is 188 g/mol. The van der Waals surface area contributed by atoms with Gasteiger partial charge in [0.05, 0.1) is 0 Å². The van der Waals surface area contributed by atoms with E-state index >= 15 is 0 Å². The predicted octanol–water partition coefficient (Wildman–Crippen LogP) is 2.57. The summed E-state index contributed by atoms with van der Waals surface area (Å²) in [6.07, 6.45) is -4.42. The number of hydrogen-bond acceptors (Lipinski definition) is 2. The molecule has 6 heteroatoms. The molecule has 0 fully saturated rings. The first-order chi connectivity index (χ1) is 4.83. The van der Waals surface area contributed by atoms with Crippen molar-refractivity contribution in [2.45, 2.75) is 13.1 Å². The van der Waals surface area contributed by atoms with Gasteiger partial charge in [0, 0.05) is 5.31 Å². The highest BCUT2D eigenvalue weighted by molar-refractivity contribution is 7.44. The Morgan fingerprint density at radius 1 is 1.64 bits per heavy atom. The number of alkyl halides is 3. The first-order valence-corrected chi connectivity index (χ1v) is 4.04. The summed E-state index contributed by atoms with van der Waals surface area (Å²) in [5.74, 6) is 0. The second kappa shape index (κ2) is 3.93. The molecule has 0 aliphatic carbocycles. The van der Waals surface area contributed by atoms with Crippen LogP contribution in [-0.2, 0) is 9.09 Å². The Kier molecular flexibility index (Phi) is 3.83. The van der Waals surface area contributed by atoms with Gasteiger partial charge in [-0.05, 0) is 6.92 Å². The molecule has 0 aliphatic heterocycles. The maximum atomic E-state index is 11.4. The largest absolute Gasteiger partial charge is 0.412 e. The molecular weight excluding hydrogens is 180 g/mol. The molecule has 66 valence electrons. The van der Waals surface area contributed by atoms with Crippen LogP contribution in [0.15, 0.2) is 11.9 Å². The van der Waals surface area contributed by atoms with Gasteiger partial charge < -0.3 is 4.52 Å². The Balaban J connectivity index is 3.73. The van der Waals surface area contributed by atoms with Crippen molar-refractivity contribution >= 4 is 8.03 Å². The van der Waals surface area contributed by atoms with E-state index in [1.54, 1.807) is 0 Å². The van der Waals surface area contributed by atoms with Crippen molar-refractivity contribution in [3.8, 4) is 0 Å². The van der Waals surface area contributed by atoms with Crippen molar-refractivity contribution in [3.05, 3.63) is 11.9 Å². The highest BCUT2D eigenvalue weighted by atomic mass is 31.1. The van der Waals surface area contributed by atoms with Crippen molar-refractivity contribution in [1.29, 1.82) is 0 Å². The van der Waals surface area contributed by atoms with Crippen molar-refractivity contribution in [2.75, 3.05) is 6.61 Å². The van der Waals surface area contributed by atoms with E-state index in [0.717, 1.165) is 0 Å². The number of halogens is 3. The van der Waals surface area contributed by atoms with E-state index in [1.807, 2.05) is 0 Å². The molecule has 0 N–H and O–H groups in total. The predicted molar refractivity (Wildman–Crippen MR) is 35.8 cm³/mol. The van der Waals surface area contributed by atoms with Gasteiger partial charge in [0.25, 0.3) is 0 Å². The summed E-state index contributed by atoms with van der Waals surface area (Å²) in [6, 6.07) is 0. The van der Waals surface area contributed by atoms with Crippen molar-refractivity contribution in [1.82, 2.24) is 0 Å². The Morgan fingerprint density at radius 3 is 2.36 bits per heavy atom. The molecule has 0 aliphatic rings. The summed E-state index contributed by atoms with van der Waals surface area (Å²) < 4.78 is 48.7. The standard InChI is InChI=1S/C5H8F3O2P/c1-4(2)11(9)10-3-5(6,7)8/h11H,1,3H2,2H3. The highest BCUT2D eigenvalue weighted by Crippen LogP contribution is 2.33. The minimum Gasteiger partial charge on any atom is -0.318 e. The quantitative estimate of drug-likeness (QED) is 0.636. The lowest BCUT2D eigenvalue weighted by Crippen LogP contribution is -2.14. The minimum atomic E-state index is -4.42. The smallest absolute Gasteiger partial charge is 0.318 e. The number of rotatable bonds is 3. The Morgan fingerprint density at radius 2 is 2.09 bits per heavy atom. The Bertz CT molecular complexity index is 175. The van der Waals surface area contributed by atoms with Gasteiger partial charge in [-0.15, -0.1) is 0 Å². The lowest BCUT2D eigenvalue weighted by molar-refractivity contribution is -0.152. The second-order valence-corrected chi connectivity index (χ2v) is 3.69. The van der Waals surface area contributed by atoms with Crippen LogP contribution < -0.4 is 0 Å². The van der Waals surface area contributed by atoms with Crippen LogP contribution in [0, 0.1) is 0 Å². The van der Waals surface area contributed by atoms with Crippen LogP contribution in [0.25, 0.3) is 0 Å². The normalized spacial score (nSPS) is 14.5. The van der Waals surface area contributed by atoms with Crippen LogP contribution in [0.5, 0.6) is 0 Å². The van der Waals surface area contributed by atoms with Gasteiger partial charge in [-0.3, -0.25) is 4.57 Å². The molecule has 0 aromatic heterocycles. The molecule has 0 saturated heterocycles. The zero-order valence-electron chi connectivity index (χ0n) is 5.86. The van der Waals surface area contributed by atoms with E-state index in [-0.39, 0.29) is 5.31 Å². The molecule has 1 unspecified atom stereocenters. The van der Waals surface area contributed by atoms with Crippen molar-refractivity contribution < 1.29 is 22.3 Å². The van der Waals surface area contributed by atoms with E-state index in [4.69, 9.17) is 0 Å². The zero-order valence-corrected chi connectivity index (χ0v) is 6.86. The molecule has 0 spiro atoms. The van der Waals surface area contributed by atoms with Gasteiger partial charge in [-0.25, -0.2) is 0 Å². The molecule has 0 amide bonds. The maximum Gasteiger partial charge on any atom is 0.412 e. The third-order valence-electron chi connectivity index (χ3n) is 0.715. The van der Waals surface area contributed by atoms with E-state index in [1.165, 1.54) is 6.92 Å². The van der Waals surface area contributed by atoms with E-state index in [0.29, 0.717) is 0 Å². The molecule has 0 saturated carbocycles. The SMILES string of the molecule is C=C(C)[PH](=O)OCC(F)(F)F. The third kappa shape index (κ3) is 6.13. The average Bonchev–Trinajstić information content (AvgIpc) is 1.80. The Labute approximate surface area is 62.9 Å². The Hall–Kier alpha value is -0.280. The van der Waals surface area contributed by atoms with Gasteiger partial charge in [0.1, 0.15) is 6.61 Å². The highest BCUT2D eigenvalue weighted by Gasteiger charge is 2.28. The molecular formula is C5H8F3O2P. The fraction of sp³-hybridized carbons (Fsp3) is 0.600. The van der Waals surface area contributed by atoms with E-state index in [9.17, 15) is 17.7 Å². The van der Waals surface area contributed by atoms with Gasteiger partial charge in [-0.2, -0.15) is 13.2 Å². The van der Waals surface area contributed by atoms with Gasteiger partial charge in [0.15, 0.2) is 0 Å². The molecule has 1 atom stereocenters. The van der Waals surface area contributed by atoms with Crippen LogP contribution >= 0.6 is 8.03 Å². The number of hydrogen-bond donors (Lipinski definition) is 0. The number of allylic oxidation sites excluding steroid dienone is 1. The van der Waals surface area contributed by atoms with Crippen molar-refractivity contribution in [2.24, 2.45) is 0 Å². The first-order valence-electron chi connectivity index (χ1n) is 2.72. The molecule has 0 aromatic carbocycles. The molecule has 0 heterocycles. The van der Waals surface area contributed by atoms with Crippen LogP contribution in [0.1, 0.15) is 6.92 Å². The van der Waals surface area contributed by atoms with Gasteiger partial charge in [-0.1, -0.05) is 6.58 Å². The zero-order chi connectivity index (χ0) is 9.07. The summed E-state index contributed by atoms with van der Waals surface area (Å²) in [6.45, 7) is 3.08. The monoisotopic (exact) mass is 188 g/mol. The van der Waals surface area contributed by atoms with Crippen LogP contribution in [0.2, 0.25) is 0 Å². The van der Waals surface area contributed by atoms with E-state index < -0.39 is 20.8 Å². The fourth-order valence-electron chi connectivity index (χ4n) is 0.271. The second-order valence-electron chi connectivity index (χ2n) is 1.97. The van der Waals surface area contributed by atoms with Crippen LogP contribution in [0.3, 0.4) is 0 Å². The summed E-state index contributed by atoms with van der Waals surface area (Å²) in [7, 11) is -2.70. The summed E-state index contributed by atoms with van der Waals surface area (Å²) in [5.41, 5.74) is 0. The van der Waals surface area contributed by atoms with Crippen LogP contribution in [-0.4, -0.2) is 12.8 Å². The third-order valence-corrected chi connectivity index (χ3v) is 1.82. The molecule has 2 nitrogen and oxygen atoms in total. The lowest BCUT2D eigenvalue weighted by atomic mass is 10.7. The molecule has 0 rings (SSSR count). The topological polar surface area (TPSA) is 26.3 Å². The molecule has 0 aromatic rings. The van der Waals surface area contributed by atoms with Crippen LogP contribution in [0.4, 0.5) is 13.2 Å². The minimum absolute atomic E-state index is 0.138.